The second kappa shape index (κ2) is 10.5. The summed E-state index contributed by atoms with van der Waals surface area (Å²) in [5.74, 6) is 0.981. The van der Waals surface area contributed by atoms with Gasteiger partial charge in [0, 0.05) is 14.7 Å². The first-order valence-corrected chi connectivity index (χ1v) is 13.8. The van der Waals surface area contributed by atoms with E-state index in [2.05, 4.69) is 0 Å². The third kappa shape index (κ3) is 6.12. The molecule has 0 aliphatic rings. The average Bonchev–Trinajstić information content (AvgIpc) is 2.78. The molecular weight excluding hydrogens is 501 g/mol. The van der Waals surface area contributed by atoms with E-state index in [1.165, 1.54) is 24.3 Å². The van der Waals surface area contributed by atoms with Gasteiger partial charge in [-0.05, 0) is 98.7 Å². The predicted octanol–water partition coefficient (Wildman–Crippen LogP) is 7.32. The van der Waals surface area contributed by atoms with E-state index in [0.29, 0.717) is 11.5 Å². The van der Waals surface area contributed by atoms with Crippen LogP contribution in [-0.4, -0.2) is 26.1 Å². The van der Waals surface area contributed by atoms with Gasteiger partial charge in [-0.1, -0.05) is 18.2 Å². The number of halogens is 3. The molecule has 0 saturated heterocycles. The molecule has 0 bridgehead atoms. The molecule has 0 aliphatic carbocycles. The van der Waals surface area contributed by atoms with Gasteiger partial charge in [0.25, 0.3) is 0 Å². The fraction of sp³-hybridized carbons (Fsp3) is 0.280. The molecule has 0 amide bonds. The number of hydrogen-bond donors (Lipinski definition) is 0. The lowest BCUT2D eigenvalue weighted by molar-refractivity contribution is -0.0496. The quantitative estimate of drug-likeness (QED) is 0.272. The topological polar surface area (TPSA) is 61.8 Å². The van der Waals surface area contributed by atoms with Gasteiger partial charge in [0.05, 0.1) is 12.2 Å². The molecule has 0 heterocycles. The van der Waals surface area contributed by atoms with Gasteiger partial charge in [0.2, 0.25) is 0 Å². The lowest BCUT2D eigenvalue weighted by atomic mass is 10.3. The number of benzene rings is 3. The van der Waals surface area contributed by atoms with Gasteiger partial charge >= 0.3 is 15.6 Å². The van der Waals surface area contributed by atoms with Crippen molar-refractivity contribution in [2.75, 3.05) is 0 Å². The molecule has 35 heavy (non-hydrogen) atoms. The van der Waals surface area contributed by atoms with Crippen LogP contribution in [0.25, 0.3) is 0 Å². The minimum Gasteiger partial charge on any atom is -0.491 e. The van der Waals surface area contributed by atoms with Crippen molar-refractivity contribution in [3.63, 3.8) is 0 Å². The van der Waals surface area contributed by atoms with Crippen LogP contribution in [0.3, 0.4) is 0 Å². The zero-order valence-corrected chi connectivity index (χ0v) is 21.3. The predicted molar refractivity (Wildman–Crippen MR) is 129 cm³/mol. The molecule has 0 unspecified atom stereocenters. The van der Waals surface area contributed by atoms with Gasteiger partial charge < -0.3 is 9.47 Å². The number of hydrogen-bond acceptors (Lipinski definition) is 5. The minimum atomic E-state index is -5.98. The monoisotopic (exact) mass is 528 g/mol. The smallest absolute Gasteiger partial charge is 0.491 e. The van der Waals surface area contributed by atoms with Crippen LogP contribution in [0.5, 0.6) is 11.5 Å². The van der Waals surface area contributed by atoms with Crippen molar-refractivity contribution in [2.24, 2.45) is 0 Å². The molecule has 3 aromatic rings. The summed E-state index contributed by atoms with van der Waals surface area (Å²) in [6.07, 6.45) is -0.245. The van der Waals surface area contributed by atoms with Gasteiger partial charge in [-0.25, -0.2) is 0 Å². The highest BCUT2D eigenvalue weighted by Gasteiger charge is 2.52. The molecule has 0 fully saturated rings. The largest absolute Gasteiger partial charge is 0.524 e. The van der Waals surface area contributed by atoms with E-state index < -0.39 is 25.9 Å². The Morgan fingerprint density at radius 3 is 1.34 bits per heavy atom. The van der Waals surface area contributed by atoms with Crippen LogP contribution >= 0.6 is 10.3 Å². The molecule has 0 aliphatic heterocycles. The molecule has 0 aromatic heterocycles. The van der Waals surface area contributed by atoms with Crippen molar-refractivity contribution in [1.29, 1.82) is 0 Å². The zero-order valence-electron chi connectivity index (χ0n) is 19.7. The van der Waals surface area contributed by atoms with E-state index in [4.69, 9.17) is 13.1 Å². The first kappa shape index (κ1) is 26.9. The lowest BCUT2D eigenvalue weighted by Crippen LogP contribution is -2.27. The molecule has 190 valence electrons. The second-order valence-electron chi connectivity index (χ2n) is 8.11. The van der Waals surface area contributed by atoms with Gasteiger partial charge in [-0.2, -0.15) is 25.2 Å². The van der Waals surface area contributed by atoms with E-state index in [0.717, 1.165) is 0 Å². The van der Waals surface area contributed by atoms with E-state index >= 15 is 0 Å². The fourth-order valence-electron chi connectivity index (χ4n) is 3.28. The van der Waals surface area contributed by atoms with Gasteiger partial charge in [-0.15, -0.1) is 0 Å². The molecule has 10 heteroatoms. The average molecular weight is 529 g/mol. The van der Waals surface area contributed by atoms with Crippen molar-refractivity contribution < 1.29 is 34.7 Å². The Balaban J connectivity index is 2.29. The molecule has 0 atom stereocenters. The molecule has 0 saturated carbocycles. The van der Waals surface area contributed by atoms with Crippen molar-refractivity contribution in [1.82, 2.24) is 0 Å². The van der Waals surface area contributed by atoms with Crippen LogP contribution in [0.15, 0.2) is 93.5 Å². The summed E-state index contributed by atoms with van der Waals surface area (Å²) in [7, 11) is -9.37. The Bertz CT molecular complexity index is 1160. The maximum Gasteiger partial charge on any atom is 0.524 e. The molecule has 0 radical (unpaired) electrons. The summed E-state index contributed by atoms with van der Waals surface area (Å²) in [5.41, 5.74) is -5.61. The molecule has 3 rings (SSSR count). The highest BCUT2D eigenvalue weighted by atomic mass is 32.3. The van der Waals surface area contributed by atoms with E-state index in [1.54, 1.807) is 54.6 Å². The zero-order chi connectivity index (χ0) is 25.9. The van der Waals surface area contributed by atoms with E-state index in [9.17, 15) is 21.6 Å². The van der Waals surface area contributed by atoms with Crippen molar-refractivity contribution in [2.45, 2.75) is 60.1 Å². The third-order valence-corrected chi connectivity index (χ3v) is 9.51. The summed E-state index contributed by atoms with van der Waals surface area (Å²) in [6.45, 7) is 7.36. The van der Waals surface area contributed by atoms with Crippen molar-refractivity contribution >= 4 is 20.4 Å². The van der Waals surface area contributed by atoms with Crippen LogP contribution in [-0.2, 0) is 13.7 Å². The van der Waals surface area contributed by atoms with E-state index in [-0.39, 0.29) is 26.9 Å². The van der Waals surface area contributed by atoms with Crippen LogP contribution in [0.1, 0.15) is 27.7 Å². The van der Waals surface area contributed by atoms with Crippen LogP contribution in [0.4, 0.5) is 13.2 Å². The number of ether oxygens (including phenoxy) is 2. The van der Waals surface area contributed by atoms with Crippen LogP contribution in [0, 0.1) is 0 Å². The molecular formula is C25H27F3O5S2. The molecule has 5 nitrogen and oxygen atoms in total. The Hall–Kier alpha value is -2.69. The summed E-state index contributed by atoms with van der Waals surface area (Å²) in [5, 5.41) is 0. The normalized spacial score (nSPS) is 13.2. The maximum atomic E-state index is 13.6. The van der Waals surface area contributed by atoms with Crippen molar-refractivity contribution in [3.8, 4) is 11.5 Å². The summed E-state index contributed by atoms with van der Waals surface area (Å²) >= 11 is 0. The van der Waals surface area contributed by atoms with Gasteiger partial charge in [0.15, 0.2) is 0 Å². The Kier molecular flexibility index (Phi) is 8.08. The highest BCUT2D eigenvalue weighted by molar-refractivity contribution is 8.33. The first-order valence-electron chi connectivity index (χ1n) is 10.8. The molecule has 0 N–H and O–H groups in total. The Labute approximate surface area is 205 Å². The summed E-state index contributed by atoms with van der Waals surface area (Å²) in [6, 6.07) is 20.5. The SMILES string of the molecule is CC(C)Oc1ccc(S(OS(=O)(=O)C(F)(F)F)(c2ccccc2)c2ccc(OC(C)C)cc2)cc1. The second-order valence-corrected chi connectivity index (χ2v) is 12.6. The molecule has 3 aromatic carbocycles. The van der Waals surface area contributed by atoms with Gasteiger partial charge in [0.1, 0.15) is 11.5 Å². The number of alkyl halides is 3. The highest BCUT2D eigenvalue weighted by Crippen LogP contribution is 2.70. The Morgan fingerprint density at radius 2 is 1.00 bits per heavy atom. The third-order valence-electron chi connectivity index (χ3n) is 4.61. The van der Waals surface area contributed by atoms with Gasteiger partial charge in [-0.3, -0.25) is 0 Å². The maximum absolute atomic E-state index is 13.6. The van der Waals surface area contributed by atoms with E-state index in [1.807, 2.05) is 27.7 Å². The Morgan fingerprint density at radius 1 is 0.629 bits per heavy atom. The fourth-order valence-corrected chi connectivity index (χ4v) is 8.00. The summed E-state index contributed by atoms with van der Waals surface area (Å²) in [4.78, 5) is 0.790. The lowest BCUT2D eigenvalue weighted by Gasteiger charge is -2.39. The minimum absolute atomic E-state index is 0.123. The van der Waals surface area contributed by atoms with Crippen LogP contribution < -0.4 is 9.47 Å². The van der Waals surface area contributed by atoms with Crippen LogP contribution in [0.2, 0.25) is 0 Å². The first-order chi connectivity index (χ1) is 16.3. The summed E-state index contributed by atoms with van der Waals surface area (Å²) < 4.78 is 82.2. The standard InChI is InChI=1S/C25H27F3O5S2/c1-18(2)31-20-10-14-23(15-11-20)34(22-8-6-5-7-9-22,33-35(29,30)25(26,27)28)24-16-12-21(13-17-24)32-19(3)4/h5-19H,1-4H3. The molecule has 0 spiro atoms. The van der Waals surface area contributed by atoms with Crippen molar-refractivity contribution in [3.05, 3.63) is 78.9 Å². The number of rotatable bonds is 9.